The molecular weight excluding hydrogens is 407 g/mol. The van der Waals surface area contributed by atoms with E-state index in [-0.39, 0.29) is 21.3 Å². The largest absolute Gasteiger partial charge is 0.449 e. The van der Waals surface area contributed by atoms with E-state index in [1.807, 2.05) is 0 Å². The minimum atomic E-state index is -1.06. The lowest BCUT2D eigenvalue weighted by Crippen LogP contribution is -2.30. The maximum absolute atomic E-state index is 12.3. The zero-order valence-corrected chi connectivity index (χ0v) is 16.3. The van der Waals surface area contributed by atoms with E-state index in [0.29, 0.717) is 10.0 Å². The monoisotopic (exact) mass is 418 g/mol. The summed E-state index contributed by atoms with van der Waals surface area (Å²) in [6, 6.07) is 6.09. The van der Waals surface area contributed by atoms with Gasteiger partial charge in [0.1, 0.15) is 5.03 Å². The summed E-state index contributed by atoms with van der Waals surface area (Å²) >= 11 is 19.2. The summed E-state index contributed by atoms with van der Waals surface area (Å²) in [5.41, 5.74) is 0.490. The summed E-state index contributed by atoms with van der Waals surface area (Å²) in [5, 5.41) is 3.75. The van der Waals surface area contributed by atoms with Gasteiger partial charge in [0.2, 0.25) is 0 Å². The molecular formula is C16H13Cl3N2O3S. The number of hydrogen-bond donors (Lipinski definition) is 1. The maximum Gasteiger partial charge on any atom is 0.341 e. The third-order valence-electron chi connectivity index (χ3n) is 3.09. The number of anilines is 1. The molecule has 0 aliphatic heterocycles. The van der Waals surface area contributed by atoms with Crippen molar-refractivity contribution in [2.24, 2.45) is 0 Å². The molecule has 2 rings (SSSR count). The molecule has 1 aromatic carbocycles. The zero-order valence-electron chi connectivity index (χ0n) is 13.2. The highest BCUT2D eigenvalue weighted by atomic mass is 35.5. The molecule has 1 heterocycles. The molecule has 0 bridgehead atoms. The van der Waals surface area contributed by atoms with Gasteiger partial charge in [0, 0.05) is 11.2 Å². The fraction of sp³-hybridized carbons (Fsp3) is 0.188. The van der Waals surface area contributed by atoms with Gasteiger partial charge >= 0.3 is 5.97 Å². The summed E-state index contributed by atoms with van der Waals surface area (Å²) in [5.74, 6) is -1.22. The molecule has 0 aliphatic rings. The normalized spacial score (nSPS) is 11.7. The Bertz CT molecular complexity index is 794. The first kappa shape index (κ1) is 19.8. The Morgan fingerprint density at radius 3 is 2.48 bits per heavy atom. The molecule has 0 saturated carbocycles. The molecule has 0 radical (unpaired) electrons. The summed E-state index contributed by atoms with van der Waals surface area (Å²) in [6.45, 7) is 1.44. The van der Waals surface area contributed by atoms with Crippen molar-refractivity contribution in [3.8, 4) is 0 Å². The van der Waals surface area contributed by atoms with Crippen LogP contribution in [-0.4, -0.2) is 29.2 Å². The number of carbonyl (C=O) groups is 2. The fourth-order valence-corrected chi connectivity index (χ4v) is 3.32. The average molecular weight is 420 g/mol. The van der Waals surface area contributed by atoms with Crippen molar-refractivity contribution in [2.75, 3.05) is 11.6 Å². The molecule has 1 aromatic heterocycles. The molecule has 1 N–H and O–H groups in total. The Hall–Kier alpha value is -1.47. The highest BCUT2D eigenvalue weighted by Crippen LogP contribution is 2.33. The molecule has 1 unspecified atom stereocenters. The van der Waals surface area contributed by atoms with E-state index in [1.54, 1.807) is 24.6 Å². The van der Waals surface area contributed by atoms with Crippen LogP contribution in [0.25, 0.3) is 0 Å². The average Bonchev–Trinajstić information content (AvgIpc) is 2.57. The lowest BCUT2D eigenvalue weighted by atomic mass is 10.2. The van der Waals surface area contributed by atoms with E-state index in [0.717, 1.165) is 0 Å². The van der Waals surface area contributed by atoms with Gasteiger partial charge in [-0.3, -0.25) is 4.79 Å². The van der Waals surface area contributed by atoms with Crippen LogP contribution < -0.4 is 5.32 Å². The molecule has 2 aromatic rings. The predicted molar refractivity (Wildman–Crippen MR) is 101 cm³/mol. The molecule has 0 spiro atoms. The lowest BCUT2D eigenvalue weighted by molar-refractivity contribution is -0.123. The first-order valence-corrected chi connectivity index (χ1v) is 9.34. The second-order valence-electron chi connectivity index (χ2n) is 4.84. The number of thioether (sulfide) groups is 1. The van der Waals surface area contributed by atoms with Gasteiger partial charge < -0.3 is 10.1 Å². The highest BCUT2D eigenvalue weighted by molar-refractivity contribution is 7.98. The number of nitrogens with zero attached hydrogens (tertiary/aromatic N) is 1. The van der Waals surface area contributed by atoms with Crippen molar-refractivity contribution < 1.29 is 14.3 Å². The van der Waals surface area contributed by atoms with Crippen LogP contribution in [0.15, 0.2) is 35.5 Å². The third-order valence-corrected chi connectivity index (χ3v) is 4.62. The van der Waals surface area contributed by atoms with Crippen molar-refractivity contribution in [3.05, 3.63) is 51.1 Å². The van der Waals surface area contributed by atoms with Crippen LogP contribution in [0.5, 0.6) is 0 Å². The number of pyridine rings is 1. The van der Waals surface area contributed by atoms with E-state index in [2.05, 4.69) is 10.3 Å². The number of nitrogens with one attached hydrogen (secondary N) is 1. The third kappa shape index (κ3) is 5.01. The molecule has 1 atom stereocenters. The molecule has 0 aliphatic carbocycles. The number of amides is 1. The number of rotatable bonds is 5. The molecule has 1 amide bonds. The number of aromatic nitrogens is 1. The number of esters is 1. The molecule has 0 fully saturated rings. The van der Waals surface area contributed by atoms with Crippen molar-refractivity contribution in [2.45, 2.75) is 18.1 Å². The van der Waals surface area contributed by atoms with E-state index in [1.165, 1.54) is 30.8 Å². The van der Waals surface area contributed by atoms with Gasteiger partial charge in [-0.25, -0.2) is 9.78 Å². The topological polar surface area (TPSA) is 68.3 Å². The van der Waals surface area contributed by atoms with Gasteiger partial charge in [-0.05, 0) is 37.4 Å². The second kappa shape index (κ2) is 8.76. The Morgan fingerprint density at radius 1 is 1.24 bits per heavy atom. The molecule has 0 saturated heterocycles. The van der Waals surface area contributed by atoms with E-state index < -0.39 is 18.0 Å². The number of benzene rings is 1. The Kier molecular flexibility index (Phi) is 6.95. The number of hydrogen-bond acceptors (Lipinski definition) is 5. The van der Waals surface area contributed by atoms with Crippen LogP contribution in [0.4, 0.5) is 5.69 Å². The minimum Gasteiger partial charge on any atom is -0.449 e. The van der Waals surface area contributed by atoms with Crippen molar-refractivity contribution >= 4 is 64.1 Å². The predicted octanol–water partition coefficient (Wildman–Crippen LogP) is 4.95. The van der Waals surface area contributed by atoms with Gasteiger partial charge in [-0.1, -0.05) is 34.8 Å². The zero-order chi connectivity index (χ0) is 18.6. The molecule has 5 nitrogen and oxygen atoms in total. The Labute approximate surface area is 164 Å². The standard InChI is InChI=1S/C16H13Cl3N2O3S/c1-8(24-16(23)10-4-3-5-20-15(10)25-2)14(22)21-13-11(18)6-9(17)7-12(13)19/h3-8H,1-2H3,(H,21,22). The highest BCUT2D eigenvalue weighted by Gasteiger charge is 2.22. The van der Waals surface area contributed by atoms with Crippen molar-refractivity contribution in [3.63, 3.8) is 0 Å². The first-order valence-electron chi connectivity index (χ1n) is 6.99. The van der Waals surface area contributed by atoms with Crippen LogP contribution >= 0.6 is 46.6 Å². The Morgan fingerprint density at radius 2 is 1.88 bits per heavy atom. The molecule has 132 valence electrons. The SMILES string of the molecule is CSc1ncccc1C(=O)OC(C)C(=O)Nc1c(Cl)cc(Cl)cc1Cl. The van der Waals surface area contributed by atoms with Crippen molar-refractivity contribution in [1.82, 2.24) is 4.98 Å². The fourth-order valence-electron chi connectivity index (χ4n) is 1.87. The molecule has 25 heavy (non-hydrogen) atoms. The Balaban J connectivity index is 2.09. The quantitative estimate of drug-likeness (QED) is 0.548. The summed E-state index contributed by atoms with van der Waals surface area (Å²) in [6.07, 6.45) is 2.30. The van der Waals surface area contributed by atoms with Gasteiger partial charge in [0.05, 0.1) is 21.3 Å². The van der Waals surface area contributed by atoms with Gasteiger partial charge in [0.15, 0.2) is 6.10 Å². The van der Waals surface area contributed by atoms with Crippen LogP contribution in [0.2, 0.25) is 15.1 Å². The minimum absolute atomic E-state index is 0.182. The second-order valence-corrected chi connectivity index (χ2v) is 6.89. The summed E-state index contributed by atoms with van der Waals surface area (Å²) in [7, 11) is 0. The van der Waals surface area contributed by atoms with Crippen LogP contribution in [0, 0.1) is 0 Å². The smallest absolute Gasteiger partial charge is 0.341 e. The van der Waals surface area contributed by atoms with Gasteiger partial charge in [-0.2, -0.15) is 0 Å². The van der Waals surface area contributed by atoms with E-state index >= 15 is 0 Å². The van der Waals surface area contributed by atoms with E-state index in [4.69, 9.17) is 39.5 Å². The van der Waals surface area contributed by atoms with E-state index in [9.17, 15) is 9.59 Å². The number of ether oxygens (including phenoxy) is 1. The van der Waals surface area contributed by atoms with Crippen LogP contribution in [-0.2, 0) is 9.53 Å². The molecule has 9 heteroatoms. The van der Waals surface area contributed by atoms with Gasteiger partial charge in [-0.15, -0.1) is 11.8 Å². The van der Waals surface area contributed by atoms with Crippen LogP contribution in [0.1, 0.15) is 17.3 Å². The lowest BCUT2D eigenvalue weighted by Gasteiger charge is -2.15. The summed E-state index contributed by atoms with van der Waals surface area (Å²) in [4.78, 5) is 28.6. The van der Waals surface area contributed by atoms with Gasteiger partial charge in [0.25, 0.3) is 5.91 Å². The first-order chi connectivity index (χ1) is 11.8. The van der Waals surface area contributed by atoms with Crippen LogP contribution in [0.3, 0.4) is 0 Å². The number of carbonyl (C=O) groups excluding carboxylic acids is 2. The van der Waals surface area contributed by atoms with Crippen molar-refractivity contribution in [1.29, 1.82) is 0 Å². The number of halogens is 3. The maximum atomic E-state index is 12.3. The summed E-state index contributed by atoms with van der Waals surface area (Å²) < 4.78 is 5.20.